The largest absolute Gasteiger partial charge is 0.364 e. The molecule has 0 spiro atoms. The molecule has 25 heavy (non-hydrogen) atoms. The zero-order valence-electron chi connectivity index (χ0n) is 14.9. The van der Waals surface area contributed by atoms with Crippen molar-refractivity contribution in [3.63, 3.8) is 0 Å². The van der Waals surface area contributed by atoms with Gasteiger partial charge in [-0.25, -0.2) is 13.4 Å². The minimum absolute atomic E-state index is 0.104. The van der Waals surface area contributed by atoms with E-state index in [9.17, 15) is 8.42 Å². The Hall–Kier alpha value is -1.63. The van der Waals surface area contributed by atoms with Crippen LogP contribution in [0.1, 0.15) is 50.3 Å². The van der Waals surface area contributed by atoms with Crippen molar-refractivity contribution in [3.8, 4) is 0 Å². The smallest absolute Gasteiger partial charge is 0.225 e. The lowest BCUT2D eigenvalue weighted by molar-refractivity contribution is 0.561. The third-order valence-corrected chi connectivity index (χ3v) is 6.77. The molecule has 1 aromatic heterocycles. The van der Waals surface area contributed by atoms with E-state index < -0.39 is 9.84 Å². The van der Waals surface area contributed by atoms with Gasteiger partial charge in [-0.05, 0) is 45.4 Å². The SMILES string of the molecule is C=CC(C)Nc1nc(NC2CCCS(=O)(=O)C2)nc2c1CCCCC2. The van der Waals surface area contributed by atoms with Crippen LogP contribution in [0.2, 0.25) is 0 Å². The molecule has 1 aromatic rings. The summed E-state index contributed by atoms with van der Waals surface area (Å²) < 4.78 is 23.8. The molecule has 1 fully saturated rings. The van der Waals surface area contributed by atoms with Gasteiger partial charge in [0, 0.05) is 17.6 Å². The molecule has 138 valence electrons. The minimum atomic E-state index is -2.96. The number of sulfone groups is 1. The van der Waals surface area contributed by atoms with Crippen molar-refractivity contribution in [1.29, 1.82) is 0 Å². The standard InChI is InChI=1S/C18H28N4O2S/c1-3-13(2)19-17-15-9-5-4-6-10-16(15)21-18(22-17)20-14-8-7-11-25(23,24)12-14/h3,13-14H,1,4-12H2,2H3,(H2,19,20,21,22). The van der Waals surface area contributed by atoms with Crippen LogP contribution in [0.15, 0.2) is 12.7 Å². The molecular weight excluding hydrogens is 336 g/mol. The van der Waals surface area contributed by atoms with Crippen molar-refractivity contribution in [2.24, 2.45) is 0 Å². The average Bonchev–Trinajstić information content (AvgIpc) is 2.79. The summed E-state index contributed by atoms with van der Waals surface area (Å²) in [7, 11) is -2.96. The van der Waals surface area contributed by atoms with Crippen LogP contribution in [0, 0.1) is 0 Å². The molecular formula is C18H28N4O2S. The first-order chi connectivity index (χ1) is 12.0. The van der Waals surface area contributed by atoms with Gasteiger partial charge in [0.25, 0.3) is 0 Å². The zero-order chi connectivity index (χ0) is 17.9. The van der Waals surface area contributed by atoms with Crippen LogP contribution >= 0.6 is 0 Å². The van der Waals surface area contributed by atoms with Gasteiger partial charge in [0.05, 0.1) is 17.2 Å². The highest BCUT2D eigenvalue weighted by atomic mass is 32.2. The molecule has 0 amide bonds. The van der Waals surface area contributed by atoms with E-state index >= 15 is 0 Å². The van der Waals surface area contributed by atoms with E-state index in [4.69, 9.17) is 4.98 Å². The lowest BCUT2D eigenvalue weighted by atomic mass is 10.1. The van der Waals surface area contributed by atoms with Crippen molar-refractivity contribution in [1.82, 2.24) is 9.97 Å². The van der Waals surface area contributed by atoms with E-state index in [-0.39, 0.29) is 17.8 Å². The third kappa shape index (κ3) is 4.71. The van der Waals surface area contributed by atoms with E-state index in [2.05, 4.69) is 22.2 Å². The van der Waals surface area contributed by atoms with Gasteiger partial charge in [-0.3, -0.25) is 0 Å². The summed E-state index contributed by atoms with van der Waals surface area (Å²) in [6.07, 6.45) is 8.82. The molecule has 0 saturated carbocycles. The zero-order valence-corrected chi connectivity index (χ0v) is 15.7. The van der Waals surface area contributed by atoms with Crippen molar-refractivity contribution >= 4 is 21.6 Å². The lowest BCUT2D eigenvalue weighted by Gasteiger charge is -2.24. The second-order valence-electron chi connectivity index (χ2n) is 7.15. The number of fused-ring (bicyclic) bond motifs is 1. The number of hydrogen-bond donors (Lipinski definition) is 2. The number of nitrogens with zero attached hydrogens (tertiary/aromatic N) is 2. The monoisotopic (exact) mass is 364 g/mol. The normalized spacial score (nSPS) is 23.8. The number of aryl methyl sites for hydroxylation is 1. The quantitative estimate of drug-likeness (QED) is 0.617. The van der Waals surface area contributed by atoms with E-state index in [1.807, 2.05) is 13.0 Å². The van der Waals surface area contributed by atoms with Gasteiger partial charge in [0.1, 0.15) is 5.82 Å². The highest BCUT2D eigenvalue weighted by Gasteiger charge is 2.26. The summed E-state index contributed by atoms with van der Waals surface area (Å²) in [5.41, 5.74) is 2.29. The van der Waals surface area contributed by atoms with Crippen LogP contribution in [-0.4, -0.2) is 42.0 Å². The second kappa shape index (κ2) is 7.72. The summed E-state index contributed by atoms with van der Waals surface area (Å²) in [5.74, 6) is 1.86. The van der Waals surface area contributed by atoms with Gasteiger partial charge < -0.3 is 10.6 Å². The average molecular weight is 365 g/mol. The van der Waals surface area contributed by atoms with Gasteiger partial charge in [-0.2, -0.15) is 4.98 Å². The molecule has 0 bridgehead atoms. The van der Waals surface area contributed by atoms with Crippen LogP contribution in [0.3, 0.4) is 0 Å². The van der Waals surface area contributed by atoms with E-state index in [1.165, 1.54) is 12.0 Å². The Morgan fingerprint density at radius 2 is 2.00 bits per heavy atom. The second-order valence-corrected chi connectivity index (χ2v) is 9.38. The van der Waals surface area contributed by atoms with Crippen molar-refractivity contribution in [3.05, 3.63) is 23.9 Å². The summed E-state index contributed by atoms with van der Waals surface area (Å²) in [5, 5.41) is 6.69. The fraction of sp³-hybridized carbons (Fsp3) is 0.667. The van der Waals surface area contributed by atoms with Crippen LogP contribution in [0.25, 0.3) is 0 Å². The van der Waals surface area contributed by atoms with Crippen molar-refractivity contribution < 1.29 is 8.42 Å². The molecule has 2 unspecified atom stereocenters. The molecule has 7 heteroatoms. The fourth-order valence-electron chi connectivity index (χ4n) is 3.55. The Bertz CT molecular complexity index is 733. The van der Waals surface area contributed by atoms with Gasteiger partial charge in [-0.1, -0.05) is 12.5 Å². The number of rotatable bonds is 5. The molecule has 1 aliphatic heterocycles. The summed E-state index contributed by atoms with van der Waals surface area (Å²) in [6, 6.07) is 0.0115. The Morgan fingerprint density at radius 1 is 1.20 bits per heavy atom. The Balaban J connectivity index is 1.87. The predicted octanol–water partition coefficient (Wildman–Crippen LogP) is 2.72. The number of aromatic nitrogens is 2. The Morgan fingerprint density at radius 3 is 2.76 bits per heavy atom. The molecule has 2 N–H and O–H groups in total. The van der Waals surface area contributed by atoms with Crippen LogP contribution in [-0.2, 0) is 22.7 Å². The third-order valence-electron chi connectivity index (χ3n) is 4.95. The minimum Gasteiger partial charge on any atom is -0.364 e. The first-order valence-corrected chi connectivity index (χ1v) is 11.0. The first-order valence-electron chi connectivity index (χ1n) is 9.22. The molecule has 2 heterocycles. The van der Waals surface area contributed by atoms with Crippen LogP contribution < -0.4 is 10.6 Å². The maximum Gasteiger partial charge on any atom is 0.225 e. The molecule has 1 aliphatic carbocycles. The molecule has 2 atom stereocenters. The maximum absolute atomic E-state index is 11.9. The summed E-state index contributed by atoms with van der Waals surface area (Å²) in [4.78, 5) is 9.41. The van der Waals surface area contributed by atoms with Gasteiger partial charge in [0.2, 0.25) is 5.95 Å². The number of hydrogen-bond acceptors (Lipinski definition) is 6. The number of anilines is 2. The number of nitrogens with one attached hydrogen (secondary N) is 2. The molecule has 1 saturated heterocycles. The van der Waals surface area contributed by atoms with Crippen molar-refractivity contribution in [2.45, 2.75) is 64.0 Å². The fourth-order valence-corrected chi connectivity index (χ4v) is 5.18. The Kier molecular flexibility index (Phi) is 5.61. The predicted molar refractivity (Wildman–Crippen MR) is 102 cm³/mol. The van der Waals surface area contributed by atoms with Gasteiger partial charge in [0.15, 0.2) is 9.84 Å². The topological polar surface area (TPSA) is 84.0 Å². The molecule has 2 aliphatic rings. The van der Waals surface area contributed by atoms with Crippen LogP contribution in [0.4, 0.5) is 11.8 Å². The summed E-state index contributed by atoms with van der Waals surface area (Å²) in [6.45, 7) is 5.87. The molecule has 3 rings (SSSR count). The lowest BCUT2D eigenvalue weighted by Crippen LogP contribution is -2.35. The highest BCUT2D eigenvalue weighted by molar-refractivity contribution is 7.91. The Labute approximate surface area is 150 Å². The van der Waals surface area contributed by atoms with Gasteiger partial charge >= 0.3 is 0 Å². The van der Waals surface area contributed by atoms with E-state index in [0.717, 1.165) is 43.6 Å². The maximum atomic E-state index is 11.9. The van der Waals surface area contributed by atoms with E-state index in [0.29, 0.717) is 18.1 Å². The van der Waals surface area contributed by atoms with E-state index in [1.54, 1.807) is 0 Å². The first kappa shape index (κ1) is 18.2. The van der Waals surface area contributed by atoms with Crippen LogP contribution in [0.5, 0.6) is 0 Å². The van der Waals surface area contributed by atoms with Gasteiger partial charge in [-0.15, -0.1) is 6.58 Å². The molecule has 6 nitrogen and oxygen atoms in total. The summed E-state index contributed by atoms with van der Waals surface area (Å²) >= 11 is 0. The molecule has 0 radical (unpaired) electrons. The molecule has 0 aromatic carbocycles. The highest BCUT2D eigenvalue weighted by Crippen LogP contribution is 2.27. The van der Waals surface area contributed by atoms with Crippen molar-refractivity contribution in [2.75, 3.05) is 22.1 Å².